The quantitative estimate of drug-likeness (QED) is 0.658. The fraction of sp³-hybridized carbons (Fsp3) is 0.667. The van der Waals surface area contributed by atoms with Crippen LogP contribution in [-0.2, 0) is 16.0 Å². The molecule has 33 heavy (non-hydrogen) atoms. The molecule has 0 aliphatic heterocycles. The molecule has 1 saturated carbocycles. The fourth-order valence-corrected chi connectivity index (χ4v) is 6.16. The van der Waals surface area contributed by atoms with Crippen LogP contribution in [0, 0.1) is 0 Å². The van der Waals surface area contributed by atoms with E-state index in [4.69, 9.17) is 15.2 Å². The summed E-state index contributed by atoms with van der Waals surface area (Å²) in [6.45, 7) is 5.64. The maximum absolute atomic E-state index is 12.4. The number of aryl methyl sites for hydroxylation is 1. The molecule has 180 valence electrons. The summed E-state index contributed by atoms with van der Waals surface area (Å²) in [6, 6.07) is 0.147. The Labute approximate surface area is 198 Å². The number of carbonyl (C=O) groups is 2. The van der Waals surface area contributed by atoms with Crippen molar-refractivity contribution in [1.82, 2.24) is 14.9 Å². The van der Waals surface area contributed by atoms with E-state index in [0.29, 0.717) is 18.2 Å². The number of primary amides is 1. The second kappa shape index (κ2) is 9.44. The average molecular weight is 475 g/mol. The zero-order valence-electron chi connectivity index (χ0n) is 19.9. The van der Waals surface area contributed by atoms with Crippen LogP contribution in [-0.4, -0.2) is 51.7 Å². The maximum Gasteiger partial charge on any atom is 0.410 e. The van der Waals surface area contributed by atoms with E-state index in [-0.39, 0.29) is 24.1 Å². The molecule has 2 aromatic heterocycles. The summed E-state index contributed by atoms with van der Waals surface area (Å²) >= 11 is 1.71. The third kappa shape index (κ3) is 5.39. The molecule has 0 bridgehead atoms. The summed E-state index contributed by atoms with van der Waals surface area (Å²) < 4.78 is 11.9. The van der Waals surface area contributed by atoms with Crippen LogP contribution in [0.2, 0.25) is 0 Å². The molecule has 2 aromatic rings. The second-order valence-electron chi connectivity index (χ2n) is 10.2. The molecule has 0 unspecified atom stereocenters. The van der Waals surface area contributed by atoms with Crippen molar-refractivity contribution < 1.29 is 19.1 Å². The molecule has 2 aliphatic rings. The van der Waals surface area contributed by atoms with Crippen LogP contribution >= 0.6 is 11.3 Å². The Hall–Kier alpha value is -2.42. The van der Waals surface area contributed by atoms with Gasteiger partial charge in [-0.1, -0.05) is 0 Å². The van der Waals surface area contributed by atoms with E-state index >= 15 is 0 Å². The number of thiophene rings is 1. The van der Waals surface area contributed by atoms with Gasteiger partial charge in [-0.2, -0.15) is 0 Å². The van der Waals surface area contributed by atoms with Crippen LogP contribution in [0.5, 0.6) is 5.88 Å². The normalized spacial score (nSPS) is 22.7. The summed E-state index contributed by atoms with van der Waals surface area (Å²) in [5.41, 5.74) is 6.15. The molecule has 8 nitrogen and oxygen atoms in total. The number of nitrogens with two attached hydrogens (primary N) is 1. The highest BCUT2D eigenvalue weighted by atomic mass is 32.1. The molecular weight excluding hydrogens is 440 g/mol. The van der Waals surface area contributed by atoms with Gasteiger partial charge in [0.05, 0.1) is 5.39 Å². The SMILES string of the molecule is CN(C(=O)OC(C)(C)C)C1CCC(Oc2ncnc3sc4c(c23)[C@@H](CCC(N)=O)CC4)CC1. The zero-order valence-corrected chi connectivity index (χ0v) is 20.7. The van der Waals surface area contributed by atoms with Gasteiger partial charge in [0.1, 0.15) is 22.9 Å². The van der Waals surface area contributed by atoms with Gasteiger partial charge >= 0.3 is 6.09 Å². The lowest BCUT2D eigenvalue weighted by molar-refractivity contribution is -0.118. The number of hydrogen-bond acceptors (Lipinski definition) is 7. The predicted molar refractivity (Wildman–Crippen MR) is 128 cm³/mol. The molecule has 2 heterocycles. The van der Waals surface area contributed by atoms with E-state index in [9.17, 15) is 9.59 Å². The second-order valence-corrected chi connectivity index (χ2v) is 11.3. The van der Waals surface area contributed by atoms with Gasteiger partial charge in [0, 0.05) is 24.4 Å². The molecule has 0 spiro atoms. The molecule has 4 rings (SSSR count). The first kappa shape index (κ1) is 23.7. The standard InChI is InChI=1S/C24H34N4O4S/c1-24(2,3)32-23(30)28(4)15-7-9-16(10-8-15)31-21-20-19-14(6-12-18(25)29)5-11-17(19)33-22(20)27-13-26-21/h13-16H,5-12H2,1-4H3,(H2,25,29)/t14-,15?,16?/m1/s1. The molecule has 0 saturated heterocycles. The van der Waals surface area contributed by atoms with Crippen molar-refractivity contribution in [3.63, 3.8) is 0 Å². The Kier molecular flexibility index (Phi) is 6.79. The van der Waals surface area contributed by atoms with Gasteiger partial charge in [-0.25, -0.2) is 14.8 Å². The molecule has 0 aromatic carbocycles. The molecule has 0 radical (unpaired) electrons. The van der Waals surface area contributed by atoms with E-state index in [2.05, 4.69) is 9.97 Å². The van der Waals surface area contributed by atoms with Crippen molar-refractivity contribution in [2.75, 3.05) is 7.05 Å². The minimum absolute atomic E-state index is 0.0485. The van der Waals surface area contributed by atoms with Crippen molar-refractivity contribution in [2.24, 2.45) is 5.73 Å². The van der Waals surface area contributed by atoms with Crippen LogP contribution < -0.4 is 10.5 Å². The smallest absolute Gasteiger partial charge is 0.410 e. The van der Waals surface area contributed by atoms with Crippen molar-refractivity contribution in [1.29, 1.82) is 0 Å². The Morgan fingerprint density at radius 2 is 1.91 bits per heavy atom. The highest BCUT2D eigenvalue weighted by molar-refractivity contribution is 7.19. The van der Waals surface area contributed by atoms with E-state index < -0.39 is 5.60 Å². The van der Waals surface area contributed by atoms with Gasteiger partial charge < -0.3 is 20.1 Å². The molecule has 2 amide bonds. The van der Waals surface area contributed by atoms with Crippen molar-refractivity contribution in [3.8, 4) is 5.88 Å². The van der Waals surface area contributed by atoms with Crippen molar-refractivity contribution in [2.45, 2.75) is 95.8 Å². The largest absolute Gasteiger partial charge is 0.474 e. The summed E-state index contributed by atoms with van der Waals surface area (Å²) in [5, 5.41) is 1.01. The number of rotatable bonds is 6. The maximum atomic E-state index is 12.4. The number of nitrogens with zero attached hydrogens (tertiary/aromatic N) is 3. The summed E-state index contributed by atoms with van der Waals surface area (Å²) in [7, 11) is 1.81. The third-order valence-corrected chi connectivity index (χ3v) is 7.76. The van der Waals surface area contributed by atoms with Gasteiger partial charge in [-0.15, -0.1) is 11.3 Å². The van der Waals surface area contributed by atoms with Gasteiger partial charge in [-0.3, -0.25) is 4.79 Å². The molecule has 1 atom stereocenters. The number of hydrogen-bond donors (Lipinski definition) is 1. The minimum atomic E-state index is -0.500. The monoisotopic (exact) mass is 474 g/mol. The lowest BCUT2D eigenvalue weighted by Crippen LogP contribution is -2.43. The zero-order chi connectivity index (χ0) is 23.8. The van der Waals surface area contributed by atoms with Gasteiger partial charge in [-0.05, 0) is 77.2 Å². The number of carbonyl (C=O) groups excluding carboxylic acids is 2. The molecule has 2 N–H and O–H groups in total. The summed E-state index contributed by atoms with van der Waals surface area (Å²) in [6.07, 6.45) is 7.93. The number of aromatic nitrogens is 2. The minimum Gasteiger partial charge on any atom is -0.474 e. The lowest BCUT2D eigenvalue weighted by Gasteiger charge is -2.35. The van der Waals surface area contributed by atoms with Gasteiger partial charge in [0.25, 0.3) is 0 Å². The van der Waals surface area contributed by atoms with Crippen molar-refractivity contribution >= 4 is 33.6 Å². The molecule has 1 fully saturated rings. The lowest BCUT2D eigenvalue weighted by atomic mass is 9.92. The first-order valence-electron chi connectivity index (χ1n) is 11.8. The van der Waals surface area contributed by atoms with Crippen LogP contribution in [0.1, 0.15) is 82.1 Å². The molecule has 2 aliphatic carbocycles. The third-order valence-electron chi connectivity index (χ3n) is 6.59. The van der Waals surface area contributed by atoms with E-state index in [0.717, 1.165) is 55.2 Å². The van der Waals surface area contributed by atoms with Gasteiger partial charge in [0.2, 0.25) is 11.8 Å². The van der Waals surface area contributed by atoms with E-state index in [1.165, 1.54) is 10.4 Å². The topological polar surface area (TPSA) is 108 Å². The van der Waals surface area contributed by atoms with Crippen LogP contribution in [0.15, 0.2) is 6.33 Å². The first-order valence-corrected chi connectivity index (χ1v) is 12.6. The van der Waals surface area contributed by atoms with E-state index in [1.54, 1.807) is 22.6 Å². The highest BCUT2D eigenvalue weighted by Crippen LogP contribution is 2.47. The summed E-state index contributed by atoms with van der Waals surface area (Å²) in [5.74, 6) is 0.684. The number of amides is 2. The Morgan fingerprint density at radius 1 is 1.18 bits per heavy atom. The first-order chi connectivity index (χ1) is 15.6. The van der Waals surface area contributed by atoms with E-state index in [1.807, 2.05) is 27.8 Å². The fourth-order valence-electron chi connectivity index (χ4n) is 4.93. The highest BCUT2D eigenvalue weighted by Gasteiger charge is 2.33. The molecule has 9 heteroatoms. The Morgan fingerprint density at radius 3 is 2.58 bits per heavy atom. The van der Waals surface area contributed by atoms with Gasteiger partial charge in [0.15, 0.2) is 0 Å². The Bertz CT molecular complexity index is 1020. The molecular formula is C24H34N4O4S. The van der Waals surface area contributed by atoms with Crippen molar-refractivity contribution in [3.05, 3.63) is 16.8 Å². The van der Waals surface area contributed by atoms with Crippen LogP contribution in [0.25, 0.3) is 10.2 Å². The summed E-state index contributed by atoms with van der Waals surface area (Å²) in [4.78, 5) is 36.7. The van der Waals surface area contributed by atoms with Crippen LogP contribution in [0.3, 0.4) is 0 Å². The Balaban J connectivity index is 1.43. The number of fused-ring (bicyclic) bond motifs is 3. The number of ether oxygens (including phenoxy) is 2. The predicted octanol–water partition coefficient (Wildman–Crippen LogP) is 4.54. The average Bonchev–Trinajstić information content (AvgIpc) is 3.30. The van der Waals surface area contributed by atoms with Crippen LogP contribution in [0.4, 0.5) is 4.79 Å².